The maximum Gasteiger partial charge on any atom is 0.115 e. The second-order valence-corrected chi connectivity index (χ2v) is 5.34. The Hall–Kier alpha value is -1.16. The lowest BCUT2D eigenvalue weighted by Gasteiger charge is -2.18. The summed E-state index contributed by atoms with van der Waals surface area (Å²) in [7, 11) is 0. The van der Waals surface area contributed by atoms with Gasteiger partial charge in [-0.25, -0.2) is 9.97 Å². The van der Waals surface area contributed by atoms with Crippen LogP contribution >= 0.6 is 23.2 Å². The van der Waals surface area contributed by atoms with Crippen molar-refractivity contribution >= 4 is 23.2 Å². The summed E-state index contributed by atoms with van der Waals surface area (Å²) in [6, 6.07) is 7.74. The first-order valence-corrected chi connectivity index (χ1v) is 7.40. The fourth-order valence-corrected chi connectivity index (χ4v) is 2.43. The Kier molecular flexibility index (Phi) is 5.77. The first kappa shape index (κ1) is 15.2. The fraction of sp³-hybridized carbons (Fsp3) is 0.333. The van der Waals surface area contributed by atoms with E-state index in [0.717, 1.165) is 30.6 Å². The molecule has 0 amide bonds. The Morgan fingerprint density at radius 2 is 2.10 bits per heavy atom. The van der Waals surface area contributed by atoms with Gasteiger partial charge >= 0.3 is 0 Å². The summed E-state index contributed by atoms with van der Waals surface area (Å²) >= 11 is 12.3. The van der Waals surface area contributed by atoms with Crippen LogP contribution in [0, 0.1) is 0 Å². The highest BCUT2D eigenvalue weighted by atomic mass is 35.5. The normalized spacial score (nSPS) is 12.3. The number of halogens is 2. The lowest BCUT2D eigenvalue weighted by molar-refractivity contribution is 0.517. The van der Waals surface area contributed by atoms with Gasteiger partial charge in [-0.1, -0.05) is 42.3 Å². The second-order valence-electron chi connectivity index (χ2n) is 4.56. The van der Waals surface area contributed by atoms with Crippen molar-refractivity contribution < 1.29 is 0 Å². The molecular formula is C15H17Cl2N3. The van der Waals surface area contributed by atoms with Gasteiger partial charge in [0.1, 0.15) is 6.33 Å². The quantitative estimate of drug-likeness (QED) is 0.874. The molecule has 2 aromatic rings. The molecule has 0 spiro atoms. The van der Waals surface area contributed by atoms with E-state index in [1.54, 1.807) is 18.6 Å². The van der Waals surface area contributed by atoms with Crippen LogP contribution in [0.25, 0.3) is 0 Å². The van der Waals surface area contributed by atoms with Gasteiger partial charge in [0.05, 0.1) is 21.8 Å². The first-order valence-electron chi connectivity index (χ1n) is 6.64. The third-order valence-corrected chi connectivity index (χ3v) is 3.92. The predicted molar refractivity (Wildman–Crippen MR) is 83.2 cm³/mol. The van der Waals surface area contributed by atoms with Crippen molar-refractivity contribution in [1.29, 1.82) is 0 Å². The molecule has 1 aromatic carbocycles. The third kappa shape index (κ3) is 3.92. The van der Waals surface area contributed by atoms with Crippen LogP contribution in [0.2, 0.25) is 10.0 Å². The molecule has 1 N–H and O–H groups in total. The molecule has 5 heteroatoms. The SMILES string of the molecule is CCCNC(Cc1cccc(Cl)c1Cl)c1ccncn1. The van der Waals surface area contributed by atoms with Gasteiger partial charge in [-0.2, -0.15) is 0 Å². The summed E-state index contributed by atoms with van der Waals surface area (Å²) in [6.45, 7) is 3.06. The van der Waals surface area contributed by atoms with Gasteiger partial charge in [-0.3, -0.25) is 0 Å². The van der Waals surface area contributed by atoms with Crippen LogP contribution in [-0.4, -0.2) is 16.5 Å². The van der Waals surface area contributed by atoms with E-state index >= 15 is 0 Å². The van der Waals surface area contributed by atoms with Crippen molar-refractivity contribution in [2.24, 2.45) is 0 Å². The molecule has 0 fully saturated rings. The number of nitrogens with one attached hydrogen (secondary N) is 1. The molecule has 0 radical (unpaired) electrons. The minimum atomic E-state index is 0.105. The van der Waals surface area contributed by atoms with E-state index in [2.05, 4.69) is 22.2 Å². The number of hydrogen-bond donors (Lipinski definition) is 1. The summed E-state index contributed by atoms with van der Waals surface area (Å²) in [5.41, 5.74) is 1.98. The molecule has 1 aromatic heterocycles. The molecule has 0 aliphatic rings. The zero-order chi connectivity index (χ0) is 14.4. The van der Waals surface area contributed by atoms with Crippen LogP contribution in [0.5, 0.6) is 0 Å². The van der Waals surface area contributed by atoms with E-state index in [4.69, 9.17) is 23.2 Å². The molecule has 2 rings (SSSR count). The van der Waals surface area contributed by atoms with Gasteiger partial charge in [0.2, 0.25) is 0 Å². The van der Waals surface area contributed by atoms with Crippen molar-refractivity contribution in [1.82, 2.24) is 15.3 Å². The highest BCUT2D eigenvalue weighted by Gasteiger charge is 2.15. The van der Waals surface area contributed by atoms with Crippen LogP contribution < -0.4 is 5.32 Å². The van der Waals surface area contributed by atoms with E-state index < -0.39 is 0 Å². The van der Waals surface area contributed by atoms with Gasteiger partial charge in [0.25, 0.3) is 0 Å². The molecule has 3 nitrogen and oxygen atoms in total. The minimum Gasteiger partial charge on any atom is -0.308 e. The number of aromatic nitrogens is 2. The predicted octanol–water partition coefficient (Wildman–Crippen LogP) is 4.07. The average molecular weight is 310 g/mol. The van der Waals surface area contributed by atoms with E-state index in [1.165, 1.54) is 0 Å². The number of benzene rings is 1. The van der Waals surface area contributed by atoms with E-state index in [9.17, 15) is 0 Å². The molecule has 0 aliphatic carbocycles. The Morgan fingerprint density at radius 3 is 2.80 bits per heavy atom. The van der Waals surface area contributed by atoms with Crippen molar-refractivity contribution in [3.8, 4) is 0 Å². The van der Waals surface area contributed by atoms with Gasteiger partial charge in [-0.05, 0) is 37.1 Å². The molecule has 0 saturated carbocycles. The van der Waals surface area contributed by atoms with E-state index in [0.29, 0.717) is 10.0 Å². The summed E-state index contributed by atoms with van der Waals surface area (Å²) in [5, 5.41) is 4.69. The van der Waals surface area contributed by atoms with E-state index in [1.807, 2.05) is 18.2 Å². The highest BCUT2D eigenvalue weighted by Crippen LogP contribution is 2.28. The summed E-state index contributed by atoms with van der Waals surface area (Å²) < 4.78 is 0. The second kappa shape index (κ2) is 7.58. The molecule has 0 saturated heterocycles. The summed E-state index contributed by atoms with van der Waals surface area (Å²) in [6.07, 6.45) is 5.12. The Labute approximate surface area is 129 Å². The molecule has 1 atom stereocenters. The highest BCUT2D eigenvalue weighted by molar-refractivity contribution is 6.42. The molecule has 0 aliphatic heterocycles. The number of nitrogens with zero attached hydrogens (tertiary/aromatic N) is 2. The van der Waals surface area contributed by atoms with Gasteiger partial charge in [0.15, 0.2) is 0 Å². The lowest BCUT2D eigenvalue weighted by Crippen LogP contribution is -2.25. The van der Waals surface area contributed by atoms with Crippen LogP contribution in [0.1, 0.15) is 30.6 Å². The lowest BCUT2D eigenvalue weighted by atomic mass is 10.0. The van der Waals surface area contributed by atoms with Gasteiger partial charge < -0.3 is 5.32 Å². The molecular weight excluding hydrogens is 293 g/mol. The Bertz CT molecular complexity index is 546. The van der Waals surface area contributed by atoms with Crippen LogP contribution in [0.3, 0.4) is 0 Å². The standard InChI is InChI=1S/C15H17Cl2N3/c1-2-7-19-14(13-6-8-18-10-20-13)9-11-4-3-5-12(16)15(11)17/h3-6,8,10,14,19H,2,7,9H2,1H3. The zero-order valence-corrected chi connectivity index (χ0v) is 12.8. The largest absolute Gasteiger partial charge is 0.308 e. The maximum atomic E-state index is 6.27. The third-order valence-electron chi connectivity index (χ3n) is 3.06. The Morgan fingerprint density at radius 1 is 1.25 bits per heavy atom. The molecule has 106 valence electrons. The number of rotatable bonds is 6. The Balaban J connectivity index is 2.21. The maximum absolute atomic E-state index is 6.27. The topological polar surface area (TPSA) is 37.8 Å². The monoisotopic (exact) mass is 309 g/mol. The van der Waals surface area contributed by atoms with Gasteiger partial charge in [-0.15, -0.1) is 0 Å². The van der Waals surface area contributed by atoms with Crippen molar-refractivity contribution in [3.63, 3.8) is 0 Å². The van der Waals surface area contributed by atoms with Gasteiger partial charge in [0, 0.05) is 6.20 Å². The molecule has 0 bridgehead atoms. The number of hydrogen-bond acceptors (Lipinski definition) is 3. The smallest absolute Gasteiger partial charge is 0.115 e. The van der Waals surface area contributed by atoms with Crippen LogP contribution in [0.15, 0.2) is 36.8 Å². The summed E-state index contributed by atoms with van der Waals surface area (Å²) in [4.78, 5) is 8.29. The molecule has 20 heavy (non-hydrogen) atoms. The minimum absolute atomic E-state index is 0.105. The van der Waals surface area contributed by atoms with Crippen molar-refractivity contribution in [2.75, 3.05) is 6.54 Å². The molecule has 1 unspecified atom stereocenters. The van der Waals surface area contributed by atoms with Crippen LogP contribution in [0.4, 0.5) is 0 Å². The summed E-state index contributed by atoms with van der Waals surface area (Å²) in [5.74, 6) is 0. The van der Waals surface area contributed by atoms with Crippen molar-refractivity contribution in [2.45, 2.75) is 25.8 Å². The van der Waals surface area contributed by atoms with Crippen molar-refractivity contribution in [3.05, 3.63) is 58.1 Å². The van der Waals surface area contributed by atoms with E-state index in [-0.39, 0.29) is 6.04 Å². The molecule has 1 heterocycles. The van der Waals surface area contributed by atoms with Crippen LogP contribution in [-0.2, 0) is 6.42 Å². The fourth-order valence-electron chi connectivity index (χ4n) is 2.03. The first-order chi connectivity index (χ1) is 9.72. The zero-order valence-electron chi connectivity index (χ0n) is 11.3. The average Bonchev–Trinajstić information content (AvgIpc) is 2.48.